The van der Waals surface area contributed by atoms with Crippen LogP contribution in [0.1, 0.15) is 58.8 Å². The number of aliphatic hydroxyl groups is 2. The molecule has 10 heteroatoms. The van der Waals surface area contributed by atoms with Gasteiger partial charge in [-0.05, 0) is 13.3 Å². The summed E-state index contributed by atoms with van der Waals surface area (Å²) in [6, 6.07) is 0. The summed E-state index contributed by atoms with van der Waals surface area (Å²) in [6.45, 7) is 2.99. The number of hydrogen-bond donors (Lipinski definition) is 4. The molecule has 1 aliphatic rings. The van der Waals surface area contributed by atoms with Crippen LogP contribution in [0.3, 0.4) is 0 Å². The summed E-state index contributed by atoms with van der Waals surface area (Å²) >= 11 is 0. The van der Waals surface area contributed by atoms with Gasteiger partial charge in [0.25, 0.3) is 10.1 Å². The van der Waals surface area contributed by atoms with Crippen LogP contribution >= 0.6 is 0 Å². The largest absolute Gasteiger partial charge is 0.478 e. The van der Waals surface area contributed by atoms with Crippen molar-refractivity contribution in [2.45, 2.75) is 69.8 Å². The fraction of sp³-hybridized carbons (Fsp3) is 0.706. The van der Waals surface area contributed by atoms with E-state index in [4.69, 9.17) is 4.55 Å². The highest BCUT2D eigenvalue weighted by Gasteiger charge is 2.48. The lowest BCUT2D eigenvalue weighted by molar-refractivity contribution is -0.179. The molecule has 27 heavy (non-hydrogen) atoms. The molecule has 0 radical (unpaired) electrons. The van der Waals surface area contributed by atoms with Crippen molar-refractivity contribution in [3.8, 4) is 0 Å². The molecule has 9 nitrogen and oxygen atoms in total. The fourth-order valence-electron chi connectivity index (χ4n) is 3.28. The number of ketones is 2. The van der Waals surface area contributed by atoms with Crippen molar-refractivity contribution in [1.82, 2.24) is 0 Å². The first-order chi connectivity index (χ1) is 12.3. The van der Waals surface area contributed by atoms with Crippen molar-refractivity contribution in [3.63, 3.8) is 0 Å². The lowest BCUT2D eigenvalue weighted by atomic mass is 9.76. The van der Waals surface area contributed by atoms with Gasteiger partial charge in [-0.15, -0.1) is 0 Å². The third kappa shape index (κ3) is 5.93. The van der Waals surface area contributed by atoms with Gasteiger partial charge in [0.05, 0.1) is 0 Å². The van der Waals surface area contributed by atoms with Gasteiger partial charge in [0.15, 0.2) is 22.6 Å². The monoisotopic (exact) mass is 406 g/mol. The van der Waals surface area contributed by atoms with E-state index in [1.807, 2.05) is 6.92 Å². The molecule has 0 heterocycles. The van der Waals surface area contributed by atoms with E-state index in [0.29, 0.717) is 12.8 Å². The lowest BCUT2D eigenvalue weighted by Crippen LogP contribution is -2.46. The highest BCUT2D eigenvalue weighted by molar-refractivity contribution is 7.87. The zero-order chi connectivity index (χ0) is 21.0. The molecular formula is C17H26O9S. The van der Waals surface area contributed by atoms with Crippen molar-refractivity contribution in [2.75, 3.05) is 0 Å². The van der Waals surface area contributed by atoms with Gasteiger partial charge < -0.3 is 15.3 Å². The Kier molecular flexibility index (Phi) is 7.85. The number of Topliss-reactive ketones (excluding diaryl/α,β-unsaturated/α-hetero) is 2. The van der Waals surface area contributed by atoms with Gasteiger partial charge >= 0.3 is 5.97 Å². The Labute approximate surface area is 157 Å². The minimum Gasteiger partial charge on any atom is -0.478 e. The van der Waals surface area contributed by atoms with E-state index in [1.54, 1.807) is 0 Å². The number of carboxylic acids is 1. The zero-order valence-corrected chi connectivity index (χ0v) is 16.2. The van der Waals surface area contributed by atoms with Gasteiger partial charge in [-0.25, -0.2) is 4.79 Å². The van der Waals surface area contributed by atoms with Crippen molar-refractivity contribution >= 4 is 27.7 Å². The second-order valence-corrected chi connectivity index (χ2v) is 8.54. The summed E-state index contributed by atoms with van der Waals surface area (Å²) in [5, 5.41) is 27.3. The minimum atomic E-state index is -4.98. The van der Waals surface area contributed by atoms with Crippen molar-refractivity contribution in [1.29, 1.82) is 0 Å². The van der Waals surface area contributed by atoms with Crippen LogP contribution in [0, 0.1) is 5.92 Å². The van der Waals surface area contributed by atoms with E-state index in [0.717, 1.165) is 26.2 Å². The minimum absolute atomic E-state index is 0.0366. The number of carbonyl (C=O) groups is 3. The zero-order valence-electron chi connectivity index (χ0n) is 15.3. The molecule has 1 rings (SSSR count). The normalized spacial score (nSPS) is 20.1. The second kappa shape index (κ2) is 9.05. The van der Waals surface area contributed by atoms with Crippen LogP contribution < -0.4 is 0 Å². The van der Waals surface area contributed by atoms with Gasteiger partial charge in [0, 0.05) is 17.9 Å². The topological polar surface area (TPSA) is 166 Å². The highest BCUT2D eigenvalue weighted by atomic mass is 32.2. The maximum atomic E-state index is 12.5. The number of carboxylic acid groups (broad SMARTS) is 1. The molecule has 4 N–H and O–H groups in total. The Balaban J connectivity index is 3.34. The quantitative estimate of drug-likeness (QED) is 0.178. The Morgan fingerprint density at radius 3 is 2.19 bits per heavy atom. The van der Waals surface area contributed by atoms with Gasteiger partial charge in [-0.1, -0.05) is 39.0 Å². The van der Waals surface area contributed by atoms with Crippen LogP contribution in [0.2, 0.25) is 0 Å². The third-order valence-corrected chi connectivity index (χ3v) is 5.76. The summed E-state index contributed by atoms with van der Waals surface area (Å²) in [4.78, 5) is 36.4. The van der Waals surface area contributed by atoms with E-state index in [1.165, 1.54) is 0 Å². The molecule has 0 aromatic heterocycles. The van der Waals surface area contributed by atoms with Crippen molar-refractivity contribution < 1.29 is 42.7 Å². The Morgan fingerprint density at radius 2 is 1.74 bits per heavy atom. The van der Waals surface area contributed by atoms with Crippen molar-refractivity contribution in [3.05, 3.63) is 11.1 Å². The van der Waals surface area contributed by atoms with E-state index in [9.17, 15) is 38.1 Å². The molecule has 0 aromatic rings. The molecule has 2 atom stereocenters. The smallest absolute Gasteiger partial charge is 0.339 e. The molecule has 0 fully saturated rings. The lowest BCUT2D eigenvalue weighted by Gasteiger charge is -2.33. The maximum absolute atomic E-state index is 12.5. The third-order valence-electron chi connectivity index (χ3n) is 4.66. The molecule has 0 saturated heterocycles. The van der Waals surface area contributed by atoms with E-state index in [2.05, 4.69) is 0 Å². The summed E-state index contributed by atoms with van der Waals surface area (Å²) in [5.41, 5.74) is -1.71. The Morgan fingerprint density at radius 1 is 1.19 bits per heavy atom. The number of aliphatic carboxylic acids is 1. The molecule has 0 spiro atoms. The summed E-state index contributed by atoms with van der Waals surface area (Å²) in [7, 11) is -4.98. The molecule has 154 valence electrons. The maximum Gasteiger partial charge on any atom is 0.339 e. The molecule has 1 aliphatic carbocycles. The van der Waals surface area contributed by atoms with Gasteiger partial charge in [0.2, 0.25) is 0 Å². The predicted octanol–water partition coefficient (Wildman–Crippen LogP) is 0.843. The van der Waals surface area contributed by atoms with Crippen LogP contribution in [-0.4, -0.2) is 56.9 Å². The standard InChI is InChI=1S/C17H26O9S/c1-3-4-5-6-7-8-10(17(2,22)23)13-11(18)9-12(27(24,25)26)15(19)14(13)16(20)21/h10,12,22-23H,3-9H2,1-2H3,(H,20,21)(H,24,25,26). The van der Waals surface area contributed by atoms with E-state index < -0.39 is 62.2 Å². The first kappa shape index (κ1) is 23.4. The number of unbranched alkanes of at least 4 members (excludes halogenated alkanes) is 4. The fourth-order valence-corrected chi connectivity index (χ4v) is 4.03. The Bertz CT molecular complexity index is 728. The van der Waals surface area contributed by atoms with Crippen LogP contribution in [0.25, 0.3) is 0 Å². The predicted molar refractivity (Wildman–Crippen MR) is 94.3 cm³/mol. The highest BCUT2D eigenvalue weighted by Crippen LogP contribution is 2.36. The van der Waals surface area contributed by atoms with Crippen LogP contribution in [0.5, 0.6) is 0 Å². The number of carbonyl (C=O) groups excluding carboxylic acids is 2. The first-order valence-electron chi connectivity index (χ1n) is 8.78. The van der Waals surface area contributed by atoms with E-state index >= 15 is 0 Å². The van der Waals surface area contributed by atoms with E-state index in [-0.39, 0.29) is 6.42 Å². The molecule has 0 aromatic carbocycles. The van der Waals surface area contributed by atoms with Crippen LogP contribution in [0.15, 0.2) is 11.1 Å². The molecule has 0 amide bonds. The number of hydrogen-bond acceptors (Lipinski definition) is 7. The SMILES string of the molecule is CCCCCCCC(C1=C(C(=O)O)C(=O)C(S(=O)(=O)O)CC1=O)C(C)(O)O. The molecule has 0 aliphatic heterocycles. The number of rotatable bonds is 10. The van der Waals surface area contributed by atoms with Gasteiger partial charge in [-0.3, -0.25) is 14.1 Å². The van der Waals surface area contributed by atoms with Crippen molar-refractivity contribution in [2.24, 2.45) is 5.92 Å². The Hall–Kier alpha value is -1.62. The van der Waals surface area contributed by atoms with Crippen LogP contribution in [0.4, 0.5) is 0 Å². The second-order valence-electron chi connectivity index (χ2n) is 6.94. The van der Waals surface area contributed by atoms with Gasteiger partial charge in [-0.2, -0.15) is 8.42 Å². The van der Waals surface area contributed by atoms with Gasteiger partial charge in [0.1, 0.15) is 5.57 Å². The van der Waals surface area contributed by atoms with Crippen LogP contribution in [-0.2, 0) is 24.5 Å². The summed E-state index contributed by atoms with van der Waals surface area (Å²) in [5.74, 6) is -8.15. The summed E-state index contributed by atoms with van der Waals surface area (Å²) < 4.78 is 31.8. The average Bonchev–Trinajstić information content (AvgIpc) is 2.50. The summed E-state index contributed by atoms with van der Waals surface area (Å²) in [6.07, 6.45) is 3.10. The molecule has 0 bridgehead atoms. The molecule has 2 unspecified atom stereocenters. The molecule has 0 saturated carbocycles. The average molecular weight is 406 g/mol. The molecular weight excluding hydrogens is 380 g/mol. The first-order valence-corrected chi connectivity index (χ1v) is 10.3.